The first-order valence-electron chi connectivity index (χ1n) is 10.1. The summed E-state index contributed by atoms with van der Waals surface area (Å²) in [5.41, 5.74) is 8.31. The number of hydrogen-bond donors (Lipinski definition) is 2. The molecule has 2 heterocycles. The van der Waals surface area contributed by atoms with Crippen LogP contribution in [0.3, 0.4) is 0 Å². The number of carbonyl (C=O) groups excluding carboxylic acids is 1. The maximum atomic E-state index is 12.8. The largest absolute Gasteiger partial charge is 0.496 e. The number of nitrogens with one attached hydrogen (secondary N) is 1. The molecule has 0 unspecified atom stereocenters. The van der Waals surface area contributed by atoms with E-state index in [-0.39, 0.29) is 30.0 Å². The van der Waals surface area contributed by atoms with Gasteiger partial charge in [-0.25, -0.2) is 4.68 Å². The van der Waals surface area contributed by atoms with E-state index in [2.05, 4.69) is 38.1 Å². The summed E-state index contributed by atoms with van der Waals surface area (Å²) in [7, 11) is 1.65. The van der Waals surface area contributed by atoms with E-state index in [1.807, 2.05) is 12.1 Å². The SMILES string of the molecule is COc1c(C(C)C)cc(NC(=O)Cn2nc(-c3ccco3)cc(N)c2=O)cc1C(C)C. The summed E-state index contributed by atoms with van der Waals surface area (Å²) in [6, 6.07) is 8.64. The Morgan fingerprint density at radius 3 is 2.35 bits per heavy atom. The van der Waals surface area contributed by atoms with Gasteiger partial charge in [-0.3, -0.25) is 9.59 Å². The maximum Gasteiger partial charge on any atom is 0.290 e. The molecule has 8 nitrogen and oxygen atoms in total. The lowest BCUT2D eigenvalue weighted by Crippen LogP contribution is -2.31. The zero-order valence-corrected chi connectivity index (χ0v) is 18.4. The maximum absolute atomic E-state index is 12.8. The molecule has 2 aromatic heterocycles. The molecule has 0 aliphatic rings. The number of nitrogens with zero attached hydrogens (tertiary/aromatic N) is 2. The van der Waals surface area contributed by atoms with Gasteiger partial charge < -0.3 is 20.2 Å². The number of methoxy groups -OCH3 is 1. The molecule has 1 aromatic carbocycles. The number of nitrogen functional groups attached to an aromatic ring is 1. The second kappa shape index (κ2) is 9.07. The highest BCUT2D eigenvalue weighted by atomic mass is 16.5. The third-order valence-corrected chi connectivity index (χ3v) is 4.95. The van der Waals surface area contributed by atoms with Gasteiger partial charge in [0.05, 0.1) is 13.4 Å². The minimum absolute atomic E-state index is 0.0113. The Morgan fingerprint density at radius 1 is 1.19 bits per heavy atom. The summed E-state index contributed by atoms with van der Waals surface area (Å²) in [4.78, 5) is 25.2. The van der Waals surface area contributed by atoms with Gasteiger partial charge in [0.25, 0.3) is 5.56 Å². The van der Waals surface area contributed by atoms with E-state index < -0.39 is 5.56 Å². The van der Waals surface area contributed by atoms with Gasteiger partial charge in [-0.05, 0) is 53.3 Å². The van der Waals surface area contributed by atoms with E-state index in [0.717, 1.165) is 21.6 Å². The molecule has 0 fully saturated rings. The van der Waals surface area contributed by atoms with Crippen molar-refractivity contribution in [3.05, 3.63) is 58.1 Å². The minimum atomic E-state index is -0.536. The summed E-state index contributed by atoms with van der Waals surface area (Å²) in [6.45, 7) is 8.00. The number of furan rings is 1. The molecule has 0 spiro atoms. The van der Waals surface area contributed by atoms with Crippen molar-refractivity contribution in [2.45, 2.75) is 46.1 Å². The molecule has 3 rings (SSSR count). The Kier molecular flexibility index (Phi) is 6.48. The Bertz CT molecular complexity index is 1100. The molecule has 0 bridgehead atoms. The average molecular weight is 425 g/mol. The predicted octanol–water partition coefficient (Wildman–Crippen LogP) is 3.98. The van der Waals surface area contributed by atoms with E-state index in [1.54, 1.807) is 19.2 Å². The fraction of sp³-hybridized carbons (Fsp3) is 0.348. The number of amides is 1. The topological polar surface area (TPSA) is 112 Å². The molecule has 31 heavy (non-hydrogen) atoms. The predicted molar refractivity (Wildman–Crippen MR) is 120 cm³/mol. The third-order valence-electron chi connectivity index (χ3n) is 4.95. The molecule has 0 radical (unpaired) electrons. The third kappa shape index (κ3) is 4.79. The molecular formula is C23H28N4O4. The number of ether oxygens (including phenoxy) is 1. The summed E-state index contributed by atoms with van der Waals surface area (Å²) in [5.74, 6) is 1.32. The highest BCUT2D eigenvalue weighted by Gasteiger charge is 2.18. The van der Waals surface area contributed by atoms with E-state index in [9.17, 15) is 9.59 Å². The summed E-state index contributed by atoms with van der Waals surface area (Å²) >= 11 is 0. The van der Waals surface area contributed by atoms with E-state index in [1.165, 1.54) is 12.3 Å². The van der Waals surface area contributed by atoms with Crippen LogP contribution >= 0.6 is 0 Å². The van der Waals surface area contributed by atoms with Crippen LogP contribution in [0.5, 0.6) is 5.75 Å². The van der Waals surface area contributed by atoms with Crippen LogP contribution in [0.25, 0.3) is 11.5 Å². The van der Waals surface area contributed by atoms with Gasteiger partial charge in [0, 0.05) is 5.69 Å². The number of aromatic nitrogens is 2. The van der Waals surface area contributed by atoms with Crippen LogP contribution in [0.15, 0.2) is 45.8 Å². The van der Waals surface area contributed by atoms with Gasteiger partial charge in [0.2, 0.25) is 5.91 Å². The van der Waals surface area contributed by atoms with Crippen molar-refractivity contribution >= 4 is 17.3 Å². The fourth-order valence-electron chi connectivity index (χ4n) is 3.39. The van der Waals surface area contributed by atoms with Crippen LogP contribution in [0.1, 0.15) is 50.7 Å². The standard InChI is InChI=1S/C23H28N4O4/c1-13(2)16-9-15(10-17(14(3)4)22(16)30-5)25-21(28)12-27-23(29)18(24)11-19(26-27)20-7-6-8-31-20/h6-11,13-14H,12,24H2,1-5H3,(H,25,28). The van der Waals surface area contributed by atoms with Crippen molar-refractivity contribution in [1.29, 1.82) is 0 Å². The monoisotopic (exact) mass is 424 g/mol. The van der Waals surface area contributed by atoms with Crippen LogP contribution in [0.2, 0.25) is 0 Å². The van der Waals surface area contributed by atoms with Crippen molar-refractivity contribution in [3.8, 4) is 17.2 Å². The number of hydrogen-bond acceptors (Lipinski definition) is 6. The first kappa shape index (κ1) is 22.1. The normalized spacial score (nSPS) is 11.2. The molecule has 0 aliphatic carbocycles. The van der Waals surface area contributed by atoms with Crippen LogP contribution in [-0.2, 0) is 11.3 Å². The number of anilines is 2. The zero-order valence-electron chi connectivity index (χ0n) is 18.4. The fourth-order valence-corrected chi connectivity index (χ4v) is 3.39. The number of carbonyl (C=O) groups is 1. The second-order valence-electron chi connectivity index (χ2n) is 7.97. The number of rotatable bonds is 7. The van der Waals surface area contributed by atoms with Crippen LogP contribution in [0.4, 0.5) is 11.4 Å². The van der Waals surface area contributed by atoms with E-state index in [4.69, 9.17) is 14.9 Å². The molecule has 1 amide bonds. The van der Waals surface area contributed by atoms with Crippen molar-refractivity contribution in [3.63, 3.8) is 0 Å². The molecule has 0 saturated carbocycles. The van der Waals surface area contributed by atoms with Gasteiger partial charge in [-0.2, -0.15) is 5.10 Å². The lowest BCUT2D eigenvalue weighted by atomic mass is 9.93. The first-order chi connectivity index (χ1) is 14.7. The average Bonchev–Trinajstić information content (AvgIpc) is 3.25. The minimum Gasteiger partial charge on any atom is -0.496 e. The van der Waals surface area contributed by atoms with Crippen LogP contribution in [-0.4, -0.2) is 22.8 Å². The Morgan fingerprint density at radius 2 is 1.84 bits per heavy atom. The molecular weight excluding hydrogens is 396 g/mol. The lowest BCUT2D eigenvalue weighted by Gasteiger charge is -2.20. The molecule has 0 saturated heterocycles. The zero-order chi connectivity index (χ0) is 22.7. The molecule has 3 aromatic rings. The lowest BCUT2D eigenvalue weighted by molar-refractivity contribution is -0.117. The Hall–Kier alpha value is -3.55. The highest BCUT2D eigenvalue weighted by Crippen LogP contribution is 2.37. The van der Waals surface area contributed by atoms with Crippen molar-refractivity contribution in [2.75, 3.05) is 18.2 Å². The first-order valence-corrected chi connectivity index (χ1v) is 10.1. The molecule has 8 heteroatoms. The van der Waals surface area contributed by atoms with Gasteiger partial charge in [0.1, 0.15) is 23.7 Å². The summed E-state index contributed by atoms with van der Waals surface area (Å²) < 4.78 is 12.0. The van der Waals surface area contributed by atoms with Crippen molar-refractivity contribution < 1.29 is 13.9 Å². The van der Waals surface area contributed by atoms with Crippen molar-refractivity contribution in [2.24, 2.45) is 0 Å². The second-order valence-corrected chi connectivity index (χ2v) is 7.97. The molecule has 3 N–H and O–H groups in total. The quantitative estimate of drug-likeness (QED) is 0.593. The van der Waals surface area contributed by atoms with Gasteiger partial charge >= 0.3 is 0 Å². The Balaban J connectivity index is 1.90. The highest BCUT2D eigenvalue weighted by molar-refractivity contribution is 5.91. The smallest absolute Gasteiger partial charge is 0.290 e. The van der Waals surface area contributed by atoms with Crippen LogP contribution in [0, 0.1) is 0 Å². The number of nitrogens with two attached hydrogens (primary N) is 1. The van der Waals surface area contributed by atoms with Crippen molar-refractivity contribution in [1.82, 2.24) is 9.78 Å². The molecule has 0 atom stereocenters. The van der Waals surface area contributed by atoms with E-state index in [0.29, 0.717) is 17.1 Å². The molecule has 0 aliphatic heterocycles. The molecule has 164 valence electrons. The van der Waals surface area contributed by atoms with Crippen LogP contribution < -0.4 is 21.3 Å². The van der Waals surface area contributed by atoms with Gasteiger partial charge in [0.15, 0.2) is 5.76 Å². The van der Waals surface area contributed by atoms with E-state index >= 15 is 0 Å². The summed E-state index contributed by atoms with van der Waals surface area (Å²) in [5, 5.41) is 7.10. The Labute approximate surface area is 181 Å². The van der Waals surface area contributed by atoms with Gasteiger partial charge in [-0.1, -0.05) is 27.7 Å². The van der Waals surface area contributed by atoms with Gasteiger partial charge in [-0.15, -0.1) is 0 Å². The number of benzene rings is 1. The summed E-state index contributed by atoms with van der Waals surface area (Å²) in [6.07, 6.45) is 1.50.